The molecule has 0 fully saturated rings. The van der Waals surface area contributed by atoms with Crippen molar-refractivity contribution in [1.82, 2.24) is 20.1 Å². The minimum Gasteiger partial charge on any atom is -0.348 e. The Labute approximate surface area is 203 Å². The Kier molecular flexibility index (Phi) is 5.56. The van der Waals surface area contributed by atoms with Gasteiger partial charge >= 0.3 is 6.03 Å². The molecule has 0 atom stereocenters. The van der Waals surface area contributed by atoms with E-state index in [0.717, 1.165) is 22.3 Å². The van der Waals surface area contributed by atoms with Crippen molar-refractivity contribution in [2.75, 3.05) is 10.6 Å². The van der Waals surface area contributed by atoms with Crippen LogP contribution in [0.25, 0.3) is 22.4 Å². The summed E-state index contributed by atoms with van der Waals surface area (Å²) in [6.07, 6.45) is 5.25. The summed E-state index contributed by atoms with van der Waals surface area (Å²) in [6.45, 7) is 6.67. The van der Waals surface area contributed by atoms with Crippen molar-refractivity contribution in [2.45, 2.75) is 32.9 Å². The zero-order valence-corrected chi connectivity index (χ0v) is 19.8. The van der Waals surface area contributed by atoms with Gasteiger partial charge in [-0.25, -0.2) is 4.79 Å². The minimum absolute atomic E-state index is 0.0442. The number of anilines is 2. The number of benzene rings is 2. The largest absolute Gasteiger partial charge is 0.348 e. The molecule has 0 aliphatic carbocycles. The fourth-order valence-corrected chi connectivity index (χ4v) is 4.07. The zero-order valence-electron chi connectivity index (χ0n) is 19.8. The van der Waals surface area contributed by atoms with Crippen LogP contribution in [0.2, 0.25) is 0 Å². The van der Waals surface area contributed by atoms with Crippen molar-refractivity contribution in [3.8, 4) is 22.4 Å². The molecule has 2 aromatic carbocycles. The van der Waals surface area contributed by atoms with Gasteiger partial charge in [-0.2, -0.15) is 5.10 Å². The second-order valence-electron chi connectivity index (χ2n) is 9.42. The molecule has 4 aromatic rings. The topological polar surface area (TPSA) is 101 Å². The second-order valence-corrected chi connectivity index (χ2v) is 9.42. The number of carbonyl (C=O) groups excluding carboxylic acids is 2. The predicted octanol–water partition coefficient (Wildman–Crippen LogP) is 5.25. The van der Waals surface area contributed by atoms with Crippen molar-refractivity contribution in [3.05, 3.63) is 84.3 Å². The molecule has 0 radical (unpaired) electrons. The molecule has 3 amide bonds. The highest BCUT2D eigenvalue weighted by atomic mass is 16.2. The quantitative estimate of drug-likeness (QED) is 0.382. The second kappa shape index (κ2) is 8.72. The normalized spacial score (nSPS) is 12.7. The van der Waals surface area contributed by atoms with Gasteiger partial charge in [-0.15, -0.1) is 0 Å². The summed E-state index contributed by atoms with van der Waals surface area (Å²) in [7, 11) is 0. The maximum Gasteiger partial charge on any atom is 0.323 e. The average Bonchev–Trinajstić information content (AvgIpc) is 3.44. The number of nitrogens with one attached hydrogen (secondary N) is 3. The van der Waals surface area contributed by atoms with E-state index in [0.29, 0.717) is 29.2 Å². The summed E-state index contributed by atoms with van der Waals surface area (Å²) >= 11 is 0. The molecule has 0 bridgehead atoms. The van der Waals surface area contributed by atoms with E-state index in [1.807, 2.05) is 86.2 Å². The zero-order chi connectivity index (χ0) is 24.6. The lowest BCUT2D eigenvalue weighted by Gasteiger charge is -2.18. The van der Waals surface area contributed by atoms with Crippen molar-refractivity contribution in [3.63, 3.8) is 0 Å². The molecule has 0 saturated carbocycles. The first-order chi connectivity index (χ1) is 16.8. The lowest BCUT2D eigenvalue weighted by atomic mass is 9.97. The van der Waals surface area contributed by atoms with Crippen LogP contribution in [0.15, 0.2) is 73.2 Å². The Balaban J connectivity index is 1.34. The van der Waals surface area contributed by atoms with Gasteiger partial charge < -0.3 is 16.0 Å². The van der Waals surface area contributed by atoms with Gasteiger partial charge in [0.2, 0.25) is 0 Å². The highest BCUT2D eigenvalue weighted by molar-refractivity contribution is 6.02. The van der Waals surface area contributed by atoms with Crippen LogP contribution in [0, 0.1) is 0 Å². The van der Waals surface area contributed by atoms with Crippen molar-refractivity contribution < 1.29 is 9.59 Å². The first-order valence-electron chi connectivity index (χ1n) is 11.4. The number of carbonyl (C=O) groups is 2. The van der Waals surface area contributed by atoms with E-state index in [1.165, 1.54) is 0 Å². The molecule has 0 saturated heterocycles. The first kappa shape index (κ1) is 22.3. The number of aromatic nitrogens is 3. The van der Waals surface area contributed by atoms with Crippen molar-refractivity contribution >= 4 is 23.3 Å². The molecular weight excluding hydrogens is 440 g/mol. The van der Waals surface area contributed by atoms with Crippen LogP contribution in [0.5, 0.6) is 0 Å². The van der Waals surface area contributed by atoms with Gasteiger partial charge in [-0.1, -0.05) is 24.3 Å². The van der Waals surface area contributed by atoms with Gasteiger partial charge in [0, 0.05) is 41.9 Å². The molecule has 1 aliphatic heterocycles. The Morgan fingerprint density at radius 1 is 0.971 bits per heavy atom. The van der Waals surface area contributed by atoms with E-state index < -0.39 is 0 Å². The van der Waals surface area contributed by atoms with E-state index in [4.69, 9.17) is 5.10 Å². The molecule has 2 aromatic heterocycles. The fourth-order valence-electron chi connectivity index (χ4n) is 4.07. The number of urea groups is 1. The summed E-state index contributed by atoms with van der Waals surface area (Å²) in [5, 5.41) is 13.4. The van der Waals surface area contributed by atoms with E-state index >= 15 is 0 Å². The summed E-state index contributed by atoms with van der Waals surface area (Å²) < 4.78 is 1.83. The molecule has 176 valence electrons. The number of hydrogen-bond donors (Lipinski definition) is 3. The molecule has 8 heteroatoms. The smallest absolute Gasteiger partial charge is 0.323 e. The Hall–Kier alpha value is -4.46. The maximum atomic E-state index is 12.8. The van der Waals surface area contributed by atoms with Crippen LogP contribution >= 0.6 is 0 Å². The Morgan fingerprint density at radius 3 is 2.46 bits per heavy atom. The number of fused-ring (bicyclic) bond motifs is 1. The standard InChI is InChI=1S/C27H26N6O2/c1-27(2,3)33-16-23(24(32-33)18-6-5-13-28-14-18)31-26(35)30-19-11-9-17(10-12-19)20-7-4-8-21-22(20)15-29-25(21)34/h4-14,16H,15H2,1-3H3,(H,29,34)(H2,30,31,35). The van der Waals surface area contributed by atoms with Crippen LogP contribution in [0.3, 0.4) is 0 Å². The lowest BCUT2D eigenvalue weighted by molar-refractivity contribution is 0.0965. The van der Waals surface area contributed by atoms with Gasteiger partial charge in [0.1, 0.15) is 5.69 Å². The highest BCUT2D eigenvalue weighted by Crippen LogP contribution is 2.31. The molecule has 35 heavy (non-hydrogen) atoms. The molecule has 1 aliphatic rings. The minimum atomic E-state index is -0.369. The van der Waals surface area contributed by atoms with Gasteiger partial charge in [-0.05, 0) is 67.8 Å². The molecule has 3 heterocycles. The summed E-state index contributed by atoms with van der Waals surface area (Å²) in [4.78, 5) is 29.0. The third-order valence-electron chi connectivity index (χ3n) is 5.88. The van der Waals surface area contributed by atoms with Crippen LogP contribution in [-0.2, 0) is 12.1 Å². The van der Waals surface area contributed by atoms with Gasteiger partial charge in [0.05, 0.1) is 11.2 Å². The van der Waals surface area contributed by atoms with E-state index in [-0.39, 0.29) is 17.5 Å². The van der Waals surface area contributed by atoms with Crippen molar-refractivity contribution in [1.29, 1.82) is 0 Å². The molecular formula is C27H26N6O2. The van der Waals surface area contributed by atoms with E-state index in [1.54, 1.807) is 12.4 Å². The predicted molar refractivity (Wildman–Crippen MR) is 136 cm³/mol. The SMILES string of the molecule is CC(C)(C)n1cc(NC(=O)Nc2ccc(-c3cccc4c3CNC4=O)cc2)c(-c2cccnc2)n1. The first-order valence-corrected chi connectivity index (χ1v) is 11.4. The summed E-state index contributed by atoms with van der Waals surface area (Å²) in [6, 6.07) is 16.7. The van der Waals surface area contributed by atoms with Crippen LogP contribution in [-0.4, -0.2) is 26.7 Å². The fraction of sp³-hybridized carbons (Fsp3) is 0.185. The van der Waals surface area contributed by atoms with Crippen LogP contribution < -0.4 is 16.0 Å². The van der Waals surface area contributed by atoms with Crippen LogP contribution in [0.4, 0.5) is 16.2 Å². The maximum absolute atomic E-state index is 12.8. The molecule has 0 spiro atoms. The van der Waals surface area contributed by atoms with Gasteiger partial charge in [0.25, 0.3) is 5.91 Å². The van der Waals surface area contributed by atoms with E-state index in [9.17, 15) is 9.59 Å². The average molecular weight is 467 g/mol. The Morgan fingerprint density at radius 2 is 1.74 bits per heavy atom. The van der Waals surface area contributed by atoms with E-state index in [2.05, 4.69) is 20.9 Å². The molecule has 5 rings (SSSR count). The summed E-state index contributed by atoms with van der Waals surface area (Å²) in [5.41, 5.74) is 6.17. The highest BCUT2D eigenvalue weighted by Gasteiger charge is 2.22. The third-order valence-corrected chi connectivity index (χ3v) is 5.88. The number of rotatable bonds is 4. The number of nitrogens with zero attached hydrogens (tertiary/aromatic N) is 3. The van der Waals surface area contributed by atoms with Gasteiger partial charge in [0.15, 0.2) is 0 Å². The van der Waals surface area contributed by atoms with Crippen molar-refractivity contribution in [2.24, 2.45) is 0 Å². The Bertz CT molecular complexity index is 1400. The number of amides is 3. The molecule has 0 unspecified atom stereocenters. The summed E-state index contributed by atoms with van der Waals surface area (Å²) in [5.74, 6) is -0.0442. The third kappa shape index (κ3) is 4.50. The molecule has 3 N–H and O–H groups in total. The van der Waals surface area contributed by atoms with Gasteiger partial charge in [-0.3, -0.25) is 14.5 Å². The number of pyridine rings is 1. The lowest BCUT2D eigenvalue weighted by Crippen LogP contribution is -2.22. The van der Waals surface area contributed by atoms with Crippen LogP contribution in [0.1, 0.15) is 36.7 Å². The monoisotopic (exact) mass is 466 g/mol. The molecule has 8 nitrogen and oxygen atoms in total. The number of hydrogen-bond acceptors (Lipinski definition) is 4.